The monoisotopic (exact) mass is 481 g/mol. The Kier molecular flexibility index (Phi) is 8.57. The number of halogens is 6. The van der Waals surface area contributed by atoms with E-state index in [2.05, 4.69) is 38.8 Å². The van der Waals surface area contributed by atoms with Gasteiger partial charge in [-0.1, -0.05) is 58.5 Å². The highest BCUT2D eigenvalue weighted by Crippen LogP contribution is 2.42. The van der Waals surface area contributed by atoms with Crippen molar-refractivity contribution in [2.45, 2.75) is 108 Å². The molecule has 1 aliphatic heterocycles. The molecule has 1 aliphatic rings. The van der Waals surface area contributed by atoms with Crippen LogP contribution in [-0.2, 0) is 6.18 Å². The fraction of sp³-hybridized carbons (Fsp3) is 0.750. The van der Waals surface area contributed by atoms with Gasteiger partial charge in [0.15, 0.2) is 0 Å². The van der Waals surface area contributed by atoms with E-state index in [1.165, 1.54) is 12.1 Å². The van der Waals surface area contributed by atoms with Crippen LogP contribution in [0, 0.1) is 0 Å². The van der Waals surface area contributed by atoms with Crippen molar-refractivity contribution in [3.8, 4) is 0 Å². The first kappa shape index (κ1) is 27.2. The maximum absolute atomic E-state index is 13.1. The van der Waals surface area contributed by atoms with Crippen LogP contribution in [0.1, 0.15) is 76.5 Å². The van der Waals surface area contributed by atoms with Gasteiger partial charge in [0.1, 0.15) is 0 Å². The van der Waals surface area contributed by atoms with Crippen molar-refractivity contribution in [3.05, 3.63) is 35.4 Å². The highest BCUT2D eigenvalue weighted by Gasteiger charge is 2.39. The van der Waals surface area contributed by atoms with Crippen LogP contribution in [-0.4, -0.2) is 31.7 Å². The van der Waals surface area contributed by atoms with Crippen LogP contribution in [0.2, 0.25) is 24.2 Å². The summed E-state index contributed by atoms with van der Waals surface area (Å²) in [6.45, 7) is 11.9. The Morgan fingerprint density at radius 2 is 1.53 bits per heavy atom. The van der Waals surface area contributed by atoms with E-state index >= 15 is 0 Å². The molecule has 0 radical (unpaired) electrons. The topological polar surface area (TPSA) is 3.24 Å². The van der Waals surface area contributed by atoms with E-state index in [1.54, 1.807) is 0 Å². The molecule has 0 bridgehead atoms. The summed E-state index contributed by atoms with van der Waals surface area (Å²) in [5.74, 6) is 0. The van der Waals surface area contributed by atoms with Crippen molar-refractivity contribution in [1.29, 1.82) is 0 Å². The van der Waals surface area contributed by atoms with E-state index in [0.29, 0.717) is 13.0 Å². The number of hydrogen-bond acceptors (Lipinski definition) is 1. The van der Waals surface area contributed by atoms with Crippen molar-refractivity contribution in [3.63, 3.8) is 0 Å². The Balaban J connectivity index is 2.27. The van der Waals surface area contributed by atoms with E-state index in [0.717, 1.165) is 43.0 Å². The number of hydrogen-bond donors (Lipinski definition) is 0. The number of likely N-dealkylation sites (tertiary alicyclic amines) is 1. The molecule has 1 heterocycles. The lowest BCUT2D eigenvalue weighted by Crippen LogP contribution is -2.44. The molecule has 2 rings (SSSR count). The molecule has 32 heavy (non-hydrogen) atoms. The predicted octanol–water partition coefficient (Wildman–Crippen LogP) is 8.84. The van der Waals surface area contributed by atoms with Gasteiger partial charge in [-0.2, -0.15) is 26.3 Å². The first-order chi connectivity index (χ1) is 14.5. The van der Waals surface area contributed by atoms with Crippen LogP contribution in [0.4, 0.5) is 26.3 Å². The molecule has 0 aromatic heterocycles. The van der Waals surface area contributed by atoms with Crippen LogP contribution in [0.3, 0.4) is 0 Å². The number of nitrogens with zero attached hydrogens (tertiary/aromatic N) is 1. The number of piperidine rings is 1. The molecular formula is C24H37F6NSi. The normalized spacial score (nSPS) is 20.4. The number of benzene rings is 1. The summed E-state index contributed by atoms with van der Waals surface area (Å²) in [5, 5.41) is 0.149. The lowest BCUT2D eigenvalue weighted by Gasteiger charge is -2.44. The average molecular weight is 482 g/mol. The van der Waals surface area contributed by atoms with Gasteiger partial charge in [-0.3, -0.25) is 4.90 Å². The van der Waals surface area contributed by atoms with E-state index in [4.69, 9.17) is 0 Å². The smallest absolute Gasteiger partial charge is 0.293 e. The van der Waals surface area contributed by atoms with Crippen molar-refractivity contribution >= 4 is 8.07 Å². The van der Waals surface area contributed by atoms with Gasteiger partial charge in [0.25, 0.3) is 0 Å². The summed E-state index contributed by atoms with van der Waals surface area (Å²) in [6, 6.07) is 5.74. The molecule has 0 aliphatic carbocycles. The van der Waals surface area contributed by atoms with Gasteiger partial charge < -0.3 is 0 Å². The average Bonchev–Trinajstić information content (AvgIpc) is 2.66. The molecule has 0 amide bonds. The fourth-order valence-electron chi connectivity index (χ4n) is 4.35. The lowest BCUT2D eigenvalue weighted by molar-refractivity contribution is -0.139. The Hall–Kier alpha value is -1.02. The van der Waals surface area contributed by atoms with Gasteiger partial charge in [0.2, 0.25) is 0 Å². The molecule has 1 fully saturated rings. The molecule has 0 spiro atoms. The molecule has 1 nitrogen and oxygen atoms in total. The van der Waals surface area contributed by atoms with Crippen LogP contribution in [0.5, 0.6) is 0 Å². The summed E-state index contributed by atoms with van der Waals surface area (Å²) in [6.07, 6.45) is -6.12. The molecule has 8 heteroatoms. The van der Waals surface area contributed by atoms with E-state index in [9.17, 15) is 26.3 Å². The molecule has 0 N–H and O–H groups in total. The lowest BCUT2D eigenvalue weighted by atomic mass is 9.91. The number of alkyl halides is 6. The second-order valence-corrected chi connectivity index (χ2v) is 16.6. The summed E-state index contributed by atoms with van der Waals surface area (Å²) in [7, 11) is -1.67. The molecule has 0 unspecified atom stereocenters. The zero-order chi connectivity index (χ0) is 24.4. The summed E-state index contributed by atoms with van der Waals surface area (Å²) in [4.78, 5) is 2.16. The maximum Gasteiger partial charge on any atom is 0.416 e. The fourth-order valence-corrected chi connectivity index (χ4v) is 6.16. The molecular weight excluding hydrogens is 444 g/mol. The quantitative estimate of drug-likeness (QED) is 0.278. The summed E-state index contributed by atoms with van der Waals surface area (Å²) in [5.41, 5.74) is 0.0668. The van der Waals surface area contributed by atoms with Crippen LogP contribution >= 0.6 is 0 Å². The maximum atomic E-state index is 13.1. The van der Waals surface area contributed by atoms with Crippen molar-refractivity contribution in [2.24, 2.45) is 0 Å². The van der Waals surface area contributed by atoms with Crippen LogP contribution < -0.4 is 0 Å². The molecule has 2 atom stereocenters. The first-order valence-electron chi connectivity index (χ1n) is 11.5. The minimum atomic E-state index is -4.40. The van der Waals surface area contributed by atoms with E-state index in [-0.39, 0.29) is 23.5 Å². The number of rotatable bonds is 7. The highest BCUT2D eigenvalue weighted by molar-refractivity contribution is 6.80. The van der Waals surface area contributed by atoms with Gasteiger partial charge in [-0.25, -0.2) is 0 Å². The van der Waals surface area contributed by atoms with Gasteiger partial charge in [-0.15, -0.1) is 0 Å². The van der Waals surface area contributed by atoms with Crippen LogP contribution in [0.25, 0.3) is 0 Å². The van der Waals surface area contributed by atoms with Gasteiger partial charge >= 0.3 is 12.4 Å². The van der Waals surface area contributed by atoms with Crippen molar-refractivity contribution < 1.29 is 26.3 Å². The second-order valence-electron chi connectivity index (χ2n) is 10.8. The van der Waals surface area contributed by atoms with Gasteiger partial charge in [0, 0.05) is 18.5 Å². The highest BCUT2D eigenvalue weighted by atomic mass is 28.3. The zero-order valence-corrected chi connectivity index (χ0v) is 20.8. The summed E-state index contributed by atoms with van der Waals surface area (Å²) >= 11 is 0. The largest absolute Gasteiger partial charge is 0.416 e. The van der Waals surface area contributed by atoms with Gasteiger partial charge in [0.05, 0.1) is 13.6 Å². The Morgan fingerprint density at radius 3 is 2.03 bits per heavy atom. The van der Waals surface area contributed by atoms with Crippen molar-refractivity contribution in [1.82, 2.24) is 4.90 Å². The predicted molar refractivity (Wildman–Crippen MR) is 120 cm³/mol. The zero-order valence-electron chi connectivity index (χ0n) is 19.8. The van der Waals surface area contributed by atoms with Crippen molar-refractivity contribution in [2.75, 3.05) is 6.54 Å². The SMILES string of the molecule is CC(C)(C)[Si](C)(C)CC[C@H](CCC(F)(F)F)N1CCCC[C@H]1c1ccc(C(F)(F)F)cc1. The Bertz CT molecular complexity index is 718. The minimum Gasteiger partial charge on any atom is -0.293 e. The third-order valence-electron chi connectivity index (χ3n) is 7.53. The third kappa shape index (κ3) is 7.50. The van der Waals surface area contributed by atoms with E-state index in [1.807, 2.05) is 0 Å². The minimum absolute atomic E-state index is 0.0370. The first-order valence-corrected chi connectivity index (χ1v) is 14.7. The standard InChI is InChI=1S/C24H37F6NSi/c1-22(2,3)32(4,5)17-14-20(13-15-23(25,26)27)31-16-7-6-8-21(31)18-9-11-19(12-10-18)24(28,29)30/h9-12,20-21H,6-8,13-17H2,1-5H3/t20-,21-/m0/s1. The molecule has 1 saturated heterocycles. The Morgan fingerprint density at radius 1 is 0.938 bits per heavy atom. The third-order valence-corrected chi connectivity index (χ3v) is 13.1. The van der Waals surface area contributed by atoms with Crippen LogP contribution in [0.15, 0.2) is 24.3 Å². The molecule has 1 aromatic rings. The molecule has 0 saturated carbocycles. The molecule has 1 aromatic carbocycles. The summed E-state index contributed by atoms with van der Waals surface area (Å²) < 4.78 is 78.2. The second kappa shape index (κ2) is 10.1. The Labute approximate surface area is 189 Å². The van der Waals surface area contributed by atoms with Gasteiger partial charge in [-0.05, 0) is 55.0 Å². The molecule has 184 valence electrons. The van der Waals surface area contributed by atoms with E-state index < -0.39 is 32.4 Å².